The molecule has 3 rings (SSSR count). The van der Waals surface area contributed by atoms with Gasteiger partial charge in [-0.25, -0.2) is 0 Å². The van der Waals surface area contributed by atoms with Crippen molar-refractivity contribution in [2.45, 2.75) is 25.8 Å². The molecule has 0 unspecified atom stereocenters. The Kier molecular flexibility index (Phi) is 4.97. The van der Waals surface area contributed by atoms with Gasteiger partial charge >= 0.3 is 5.69 Å². The van der Waals surface area contributed by atoms with Gasteiger partial charge in [-0.2, -0.15) is 0 Å². The van der Waals surface area contributed by atoms with E-state index in [1.54, 1.807) is 13.0 Å². The molecule has 1 atom stereocenters. The standard InChI is InChI=1S/C19H20N2O4/c1-2-25-17-11-10-15(12-16(17)21(23)24)19(22)20-18(14-8-9-14)13-6-4-3-5-7-13/h3-7,10-12,14,18H,2,8-9H2,1H3,(H,20,22)/t18-/m0/s1. The zero-order chi connectivity index (χ0) is 17.8. The van der Waals surface area contributed by atoms with Crippen LogP contribution in [-0.4, -0.2) is 17.4 Å². The molecule has 0 saturated heterocycles. The lowest BCUT2D eigenvalue weighted by atomic mass is 10.0. The number of nitro benzene ring substituents is 1. The minimum absolute atomic E-state index is 0.0701. The highest BCUT2D eigenvalue weighted by atomic mass is 16.6. The predicted molar refractivity (Wildman–Crippen MR) is 93.6 cm³/mol. The van der Waals surface area contributed by atoms with E-state index in [-0.39, 0.29) is 28.9 Å². The number of carbonyl (C=O) groups is 1. The van der Waals surface area contributed by atoms with Crippen LogP contribution >= 0.6 is 0 Å². The molecule has 1 aliphatic rings. The SMILES string of the molecule is CCOc1ccc(C(=O)N[C@@H](c2ccccc2)C2CC2)cc1[N+](=O)[O-]. The topological polar surface area (TPSA) is 81.5 Å². The molecule has 0 aromatic heterocycles. The van der Waals surface area contributed by atoms with Gasteiger partial charge in [0.1, 0.15) is 0 Å². The van der Waals surface area contributed by atoms with Crippen LogP contribution in [-0.2, 0) is 0 Å². The number of ether oxygens (including phenoxy) is 1. The molecule has 25 heavy (non-hydrogen) atoms. The second kappa shape index (κ2) is 7.34. The fourth-order valence-electron chi connectivity index (χ4n) is 2.87. The molecule has 1 saturated carbocycles. The molecule has 0 heterocycles. The molecule has 1 amide bonds. The summed E-state index contributed by atoms with van der Waals surface area (Å²) in [5.74, 6) is 0.279. The summed E-state index contributed by atoms with van der Waals surface area (Å²) in [7, 11) is 0. The zero-order valence-electron chi connectivity index (χ0n) is 14.0. The molecule has 0 bridgehead atoms. The number of hydrogen-bond acceptors (Lipinski definition) is 4. The average Bonchev–Trinajstić information content (AvgIpc) is 3.45. The van der Waals surface area contributed by atoms with E-state index in [2.05, 4.69) is 5.32 Å². The van der Waals surface area contributed by atoms with Crippen LogP contribution in [0.4, 0.5) is 5.69 Å². The molecule has 1 aliphatic carbocycles. The van der Waals surface area contributed by atoms with E-state index < -0.39 is 4.92 Å². The smallest absolute Gasteiger partial charge is 0.311 e. The van der Waals surface area contributed by atoms with Crippen LogP contribution < -0.4 is 10.1 Å². The van der Waals surface area contributed by atoms with Gasteiger partial charge in [0, 0.05) is 11.6 Å². The van der Waals surface area contributed by atoms with Crippen LogP contribution in [0, 0.1) is 16.0 Å². The van der Waals surface area contributed by atoms with Crippen molar-refractivity contribution in [2.24, 2.45) is 5.92 Å². The van der Waals surface area contributed by atoms with Gasteiger partial charge < -0.3 is 10.1 Å². The molecule has 1 N–H and O–H groups in total. The Morgan fingerprint density at radius 3 is 2.60 bits per heavy atom. The van der Waals surface area contributed by atoms with Crippen LogP contribution in [0.25, 0.3) is 0 Å². The lowest BCUT2D eigenvalue weighted by Crippen LogP contribution is -2.29. The maximum atomic E-state index is 12.6. The van der Waals surface area contributed by atoms with Gasteiger partial charge in [-0.15, -0.1) is 0 Å². The molecule has 0 aliphatic heterocycles. The third-order valence-electron chi connectivity index (χ3n) is 4.26. The maximum absolute atomic E-state index is 12.6. The van der Waals surface area contributed by atoms with Crippen LogP contribution in [0.2, 0.25) is 0 Å². The highest BCUT2D eigenvalue weighted by Crippen LogP contribution is 2.41. The summed E-state index contributed by atoms with van der Waals surface area (Å²) >= 11 is 0. The highest BCUT2D eigenvalue weighted by molar-refractivity contribution is 5.95. The van der Waals surface area contributed by atoms with E-state index in [0.717, 1.165) is 18.4 Å². The zero-order valence-corrected chi connectivity index (χ0v) is 14.0. The van der Waals surface area contributed by atoms with Crippen molar-refractivity contribution in [3.05, 3.63) is 69.8 Å². The monoisotopic (exact) mass is 340 g/mol. The van der Waals surface area contributed by atoms with Gasteiger partial charge in [-0.3, -0.25) is 14.9 Å². The summed E-state index contributed by atoms with van der Waals surface area (Å²) in [6.07, 6.45) is 2.15. The molecule has 2 aromatic carbocycles. The van der Waals surface area contributed by atoms with Crippen LogP contribution in [0.5, 0.6) is 5.75 Å². The Bertz CT molecular complexity index is 772. The minimum atomic E-state index is -0.530. The van der Waals surface area contributed by atoms with Crippen LogP contribution in [0.1, 0.15) is 41.7 Å². The van der Waals surface area contributed by atoms with Crippen molar-refractivity contribution < 1.29 is 14.5 Å². The number of carbonyl (C=O) groups excluding carboxylic acids is 1. The minimum Gasteiger partial charge on any atom is -0.487 e. The number of nitro groups is 1. The summed E-state index contributed by atoms with van der Waals surface area (Å²) in [6, 6.07) is 14.0. The van der Waals surface area contributed by atoms with Crippen molar-refractivity contribution in [1.82, 2.24) is 5.32 Å². The van der Waals surface area contributed by atoms with Gasteiger partial charge in [0.2, 0.25) is 0 Å². The Labute approximate surface area is 146 Å². The van der Waals surface area contributed by atoms with Crippen molar-refractivity contribution >= 4 is 11.6 Å². The van der Waals surface area contributed by atoms with E-state index in [0.29, 0.717) is 12.5 Å². The maximum Gasteiger partial charge on any atom is 0.311 e. The second-order valence-corrected chi connectivity index (χ2v) is 6.07. The van der Waals surface area contributed by atoms with Gasteiger partial charge in [0.15, 0.2) is 5.75 Å². The summed E-state index contributed by atoms with van der Waals surface area (Å²) in [5, 5.41) is 14.3. The molecule has 0 radical (unpaired) electrons. The molecule has 130 valence electrons. The molecule has 2 aromatic rings. The van der Waals surface area contributed by atoms with Crippen molar-refractivity contribution in [2.75, 3.05) is 6.61 Å². The van der Waals surface area contributed by atoms with Gasteiger partial charge in [-0.1, -0.05) is 30.3 Å². The molecule has 1 fully saturated rings. The van der Waals surface area contributed by atoms with E-state index in [9.17, 15) is 14.9 Å². The molecular weight excluding hydrogens is 320 g/mol. The summed E-state index contributed by atoms with van der Waals surface area (Å²) in [4.78, 5) is 23.3. The summed E-state index contributed by atoms with van der Waals surface area (Å²) < 4.78 is 5.26. The molecule has 0 spiro atoms. The Hall–Kier alpha value is -2.89. The van der Waals surface area contributed by atoms with Crippen LogP contribution in [0.15, 0.2) is 48.5 Å². The number of hydrogen-bond donors (Lipinski definition) is 1. The molecular formula is C19H20N2O4. The number of benzene rings is 2. The fourth-order valence-corrected chi connectivity index (χ4v) is 2.87. The highest BCUT2D eigenvalue weighted by Gasteiger charge is 2.33. The van der Waals surface area contributed by atoms with E-state index >= 15 is 0 Å². The van der Waals surface area contributed by atoms with Gasteiger partial charge in [0.25, 0.3) is 5.91 Å². The average molecular weight is 340 g/mol. The third kappa shape index (κ3) is 3.96. The number of amides is 1. The molecule has 6 nitrogen and oxygen atoms in total. The first-order chi connectivity index (χ1) is 12.1. The predicted octanol–water partition coefficient (Wildman–Crippen LogP) is 3.87. The number of nitrogens with one attached hydrogen (secondary N) is 1. The summed E-state index contributed by atoms with van der Waals surface area (Å²) in [6.45, 7) is 2.08. The Morgan fingerprint density at radius 1 is 1.28 bits per heavy atom. The van der Waals surface area contributed by atoms with Crippen molar-refractivity contribution in [3.8, 4) is 5.75 Å². The van der Waals surface area contributed by atoms with Gasteiger partial charge in [-0.05, 0) is 43.4 Å². The van der Waals surface area contributed by atoms with E-state index in [1.165, 1.54) is 12.1 Å². The third-order valence-corrected chi connectivity index (χ3v) is 4.26. The second-order valence-electron chi connectivity index (χ2n) is 6.07. The fraction of sp³-hybridized carbons (Fsp3) is 0.316. The lowest BCUT2D eigenvalue weighted by molar-refractivity contribution is -0.385. The largest absolute Gasteiger partial charge is 0.487 e. The number of rotatable bonds is 7. The van der Waals surface area contributed by atoms with Crippen LogP contribution in [0.3, 0.4) is 0 Å². The summed E-state index contributed by atoms with van der Waals surface area (Å²) in [5.41, 5.74) is 1.12. The lowest BCUT2D eigenvalue weighted by Gasteiger charge is -2.19. The molecule has 6 heteroatoms. The first kappa shape index (κ1) is 17.0. The Balaban J connectivity index is 1.82. The van der Waals surface area contributed by atoms with E-state index in [4.69, 9.17) is 4.74 Å². The van der Waals surface area contributed by atoms with Crippen molar-refractivity contribution in [3.63, 3.8) is 0 Å². The normalized spacial score (nSPS) is 14.6. The van der Waals surface area contributed by atoms with Crippen molar-refractivity contribution in [1.29, 1.82) is 0 Å². The quantitative estimate of drug-likeness (QED) is 0.613. The number of nitrogens with zero attached hydrogens (tertiary/aromatic N) is 1. The first-order valence-corrected chi connectivity index (χ1v) is 8.37. The first-order valence-electron chi connectivity index (χ1n) is 8.37. The van der Waals surface area contributed by atoms with E-state index in [1.807, 2.05) is 30.3 Å². The van der Waals surface area contributed by atoms with Gasteiger partial charge in [0.05, 0.1) is 17.6 Å². The Morgan fingerprint density at radius 2 is 2.00 bits per heavy atom.